The molecule has 0 aromatic carbocycles. The van der Waals surface area contributed by atoms with Crippen LogP contribution in [0.15, 0.2) is 22.9 Å². The van der Waals surface area contributed by atoms with Crippen molar-refractivity contribution in [3.05, 3.63) is 39.8 Å². The van der Waals surface area contributed by atoms with Crippen LogP contribution in [-0.4, -0.2) is 15.6 Å². The molecule has 2 heterocycles. The van der Waals surface area contributed by atoms with Gasteiger partial charge >= 0.3 is 0 Å². The number of Topliss-reactive ketones (excluding diaryl/α,β-unsaturated/α-hetero) is 1. The molecular weight excluding hydrogens is 220 g/mol. The first-order valence-electron chi connectivity index (χ1n) is 5.29. The van der Waals surface area contributed by atoms with E-state index < -0.39 is 0 Å². The van der Waals surface area contributed by atoms with Crippen LogP contribution in [0.4, 0.5) is 0 Å². The van der Waals surface area contributed by atoms with E-state index in [-0.39, 0.29) is 5.78 Å². The maximum atomic E-state index is 12.0. The molecule has 0 atom stereocenters. The molecule has 0 bridgehead atoms. The van der Waals surface area contributed by atoms with Crippen molar-refractivity contribution in [3.8, 4) is 0 Å². The summed E-state index contributed by atoms with van der Waals surface area (Å²) < 4.78 is 1.77. The Morgan fingerprint density at radius 1 is 1.56 bits per heavy atom. The molecule has 0 aliphatic rings. The standard InChI is InChI=1S/C12H14N2OS/c1-3-14-11(6-9(2)13-14)12(15)7-10-4-5-16-8-10/h4-6,8H,3,7H2,1-2H3. The van der Waals surface area contributed by atoms with E-state index in [0.717, 1.165) is 17.8 Å². The Hall–Kier alpha value is -1.42. The summed E-state index contributed by atoms with van der Waals surface area (Å²) >= 11 is 1.62. The molecule has 0 amide bonds. The van der Waals surface area contributed by atoms with E-state index in [0.29, 0.717) is 12.1 Å². The number of nitrogens with zero attached hydrogens (tertiary/aromatic N) is 2. The van der Waals surface area contributed by atoms with Crippen molar-refractivity contribution in [2.75, 3.05) is 0 Å². The molecule has 2 rings (SSSR count). The Labute approximate surface area is 98.7 Å². The smallest absolute Gasteiger partial charge is 0.185 e. The minimum Gasteiger partial charge on any atom is -0.292 e. The van der Waals surface area contributed by atoms with Crippen LogP contribution in [0.5, 0.6) is 0 Å². The van der Waals surface area contributed by atoms with Gasteiger partial charge in [-0.2, -0.15) is 16.4 Å². The largest absolute Gasteiger partial charge is 0.292 e. The lowest BCUT2D eigenvalue weighted by Crippen LogP contribution is -2.11. The van der Waals surface area contributed by atoms with Crippen molar-refractivity contribution in [2.24, 2.45) is 0 Å². The summed E-state index contributed by atoms with van der Waals surface area (Å²) in [7, 11) is 0. The van der Waals surface area contributed by atoms with Crippen molar-refractivity contribution in [1.29, 1.82) is 0 Å². The van der Waals surface area contributed by atoms with Gasteiger partial charge in [-0.15, -0.1) is 0 Å². The summed E-state index contributed by atoms with van der Waals surface area (Å²) in [5.74, 6) is 0.140. The van der Waals surface area contributed by atoms with Crippen LogP contribution in [0.2, 0.25) is 0 Å². The van der Waals surface area contributed by atoms with E-state index in [9.17, 15) is 4.79 Å². The van der Waals surface area contributed by atoms with E-state index in [1.807, 2.05) is 36.7 Å². The fourth-order valence-corrected chi connectivity index (χ4v) is 2.35. The predicted molar refractivity (Wildman–Crippen MR) is 65.0 cm³/mol. The van der Waals surface area contributed by atoms with Gasteiger partial charge in [0, 0.05) is 13.0 Å². The van der Waals surface area contributed by atoms with E-state index in [1.54, 1.807) is 16.0 Å². The average Bonchev–Trinajstić information content (AvgIpc) is 2.86. The molecule has 0 radical (unpaired) electrons. The highest BCUT2D eigenvalue weighted by molar-refractivity contribution is 7.08. The van der Waals surface area contributed by atoms with E-state index >= 15 is 0 Å². The average molecular weight is 234 g/mol. The van der Waals surface area contributed by atoms with Crippen LogP contribution in [0, 0.1) is 6.92 Å². The van der Waals surface area contributed by atoms with Crippen LogP contribution >= 0.6 is 11.3 Å². The number of carbonyl (C=O) groups is 1. The summed E-state index contributed by atoms with van der Waals surface area (Å²) in [5, 5.41) is 8.28. The Kier molecular flexibility index (Phi) is 3.19. The van der Waals surface area contributed by atoms with Crippen LogP contribution in [-0.2, 0) is 13.0 Å². The van der Waals surface area contributed by atoms with E-state index in [1.165, 1.54) is 0 Å². The first kappa shape index (κ1) is 11.1. The van der Waals surface area contributed by atoms with Crippen molar-refractivity contribution in [2.45, 2.75) is 26.8 Å². The maximum Gasteiger partial charge on any atom is 0.185 e. The molecule has 0 spiro atoms. The number of thiophene rings is 1. The third-order valence-electron chi connectivity index (χ3n) is 2.43. The second kappa shape index (κ2) is 4.61. The molecule has 0 unspecified atom stereocenters. The molecule has 3 nitrogen and oxygen atoms in total. The number of rotatable bonds is 4. The van der Waals surface area contributed by atoms with Crippen LogP contribution in [0.25, 0.3) is 0 Å². The van der Waals surface area contributed by atoms with Crippen LogP contribution in [0.3, 0.4) is 0 Å². The molecule has 0 saturated carbocycles. The van der Waals surface area contributed by atoms with Gasteiger partial charge in [-0.25, -0.2) is 0 Å². The molecule has 4 heteroatoms. The highest BCUT2D eigenvalue weighted by Crippen LogP contribution is 2.12. The molecule has 0 saturated heterocycles. The third kappa shape index (κ3) is 2.22. The van der Waals surface area contributed by atoms with Crippen molar-refractivity contribution < 1.29 is 4.79 Å². The zero-order chi connectivity index (χ0) is 11.5. The Morgan fingerprint density at radius 3 is 3.00 bits per heavy atom. The van der Waals surface area contributed by atoms with Gasteiger partial charge in [-0.1, -0.05) is 0 Å². The lowest BCUT2D eigenvalue weighted by atomic mass is 10.1. The summed E-state index contributed by atoms with van der Waals surface area (Å²) in [4.78, 5) is 12.0. The Morgan fingerprint density at radius 2 is 2.38 bits per heavy atom. The molecule has 84 valence electrons. The number of ketones is 1. The fourth-order valence-electron chi connectivity index (χ4n) is 1.68. The first-order chi connectivity index (χ1) is 7.70. The summed E-state index contributed by atoms with van der Waals surface area (Å²) in [5.41, 5.74) is 2.69. The van der Waals surface area contributed by atoms with Crippen molar-refractivity contribution >= 4 is 17.1 Å². The van der Waals surface area contributed by atoms with Gasteiger partial charge in [0.25, 0.3) is 0 Å². The number of carbonyl (C=O) groups excluding carboxylic acids is 1. The highest BCUT2D eigenvalue weighted by atomic mass is 32.1. The van der Waals surface area contributed by atoms with Crippen LogP contribution < -0.4 is 0 Å². The topological polar surface area (TPSA) is 34.9 Å². The van der Waals surface area contributed by atoms with Gasteiger partial charge in [0.15, 0.2) is 5.78 Å². The van der Waals surface area contributed by atoms with Gasteiger partial charge in [-0.05, 0) is 42.3 Å². The van der Waals surface area contributed by atoms with Gasteiger partial charge in [0.1, 0.15) is 5.69 Å². The van der Waals surface area contributed by atoms with E-state index in [2.05, 4.69) is 5.10 Å². The Bertz CT molecular complexity index is 485. The molecule has 2 aromatic heterocycles. The highest BCUT2D eigenvalue weighted by Gasteiger charge is 2.13. The van der Waals surface area contributed by atoms with Crippen molar-refractivity contribution in [3.63, 3.8) is 0 Å². The number of aryl methyl sites for hydroxylation is 2. The normalized spacial score (nSPS) is 10.6. The third-order valence-corrected chi connectivity index (χ3v) is 3.16. The zero-order valence-corrected chi connectivity index (χ0v) is 10.3. The van der Waals surface area contributed by atoms with Crippen molar-refractivity contribution in [1.82, 2.24) is 9.78 Å². The zero-order valence-electron chi connectivity index (χ0n) is 9.43. The Balaban J connectivity index is 2.20. The summed E-state index contributed by atoms with van der Waals surface area (Å²) in [6.45, 7) is 4.64. The SMILES string of the molecule is CCn1nc(C)cc1C(=O)Cc1ccsc1. The summed E-state index contributed by atoms with van der Waals surface area (Å²) in [6.07, 6.45) is 0.467. The molecule has 0 aliphatic carbocycles. The summed E-state index contributed by atoms with van der Waals surface area (Å²) in [6, 6.07) is 3.85. The number of aromatic nitrogens is 2. The molecule has 0 fully saturated rings. The fraction of sp³-hybridized carbons (Fsp3) is 0.333. The van der Waals surface area contributed by atoms with E-state index in [4.69, 9.17) is 0 Å². The molecule has 0 aliphatic heterocycles. The number of hydrogen-bond acceptors (Lipinski definition) is 3. The molecule has 2 aromatic rings. The van der Waals surface area contributed by atoms with Gasteiger partial charge in [0.05, 0.1) is 5.69 Å². The van der Waals surface area contributed by atoms with Crippen LogP contribution in [0.1, 0.15) is 28.7 Å². The lowest BCUT2D eigenvalue weighted by Gasteiger charge is -2.02. The van der Waals surface area contributed by atoms with Gasteiger partial charge in [0.2, 0.25) is 0 Å². The second-order valence-electron chi connectivity index (χ2n) is 3.72. The first-order valence-corrected chi connectivity index (χ1v) is 6.23. The monoisotopic (exact) mass is 234 g/mol. The minimum absolute atomic E-state index is 0.140. The molecule has 16 heavy (non-hydrogen) atoms. The lowest BCUT2D eigenvalue weighted by molar-refractivity contribution is 0.0983. The predicted octanol–water partition coefficient (Wildman–Crippen LogP) is 2.70. The second-order valence-corrected chi connectivity index (χ2v) is 4.50. The molecular formula is C12H14N2OS. The van der Waals surface area contributed by atoms with Gasteiger partial charge in [-0.3, -0.25) is 9.48 Å². The quantitative estimate of drug-likeness (QED) is 0.762. The number of hydrogen-bond donors (Lipinski definition) is 0. The maximum absolute atomic E-state index is 12.0. The minimum atomic E-state index is 0.140. The molecule has 0 N–H and O–H groups in total. The van der Waals surface area contributed by atoms with Gasteiger partial charge < -0.3 is 0 Å².